The van der Waals surface area contributed by atoms with Crippen LogP contribution in [0.4, 0.5) is 0 Å². The highest BCUT2D eigenvalue weighted by molar-refractivity contribution is 7.99. The number of aliphatic carboxylic acids is 1. The minimum Gasteiger partial charge on any atom is -0.481 e. The number of furan rings is 1. The number of rotatable bonds is 6. The van der Waals surface area contributed by atoms with Gasteiger partial charge in [0.25, 0.3) is 0 Å². The third kappa shape index (κ3) is 3.41. The second kappa shape index (κ2) is 6.13. The summed E-state index contributed by atoms with van der Waals surface area (Å²) in [6.45, 7) is 6.45. The highest BCUT2D eigenvalue weighted by Gasteiger charge is 2.17. The van der Waals surface area contributed by atoms with Gasteiger partial charge in [0.15, 0.2) is 5.16 Å². The maximum atomic E-state index is 10.7. The Morgan fingerprint density at radius 3 is 2.75 bits per heavy atom. The van der Waals surface area contributed by atoms with Crippen LogP contribution < -0.4 is 0 Å². The summed E-state index contributed by atoms with van der Waals surface area (Å²) >= 11 is 1.17. The van der Waals surface area contributed by atoms with Crippen LogP contribution in [-0.4, -0.2) is 31.6 Å². The van der Waals surface area contributed by atoms with Crippen molar-refractivity contribution in [3.05, 3.63) is 29.5 Å². The maximum Gasteiger partial charge on any atom is 0.313 e. The Morgan fingerprint density at radius 2 is 2.20 bits per heavy atom. The summed E-state index contributed by atoms with van der Waals surface area (Å²) in [7, 11) is 0. The lowest BCUT2D eigenvalue weighted by Gasteiger charge is -2.10. The summed E-state index contributed by atoms with van der Waals surface area (Å²) < 4.78 is 7.48. The van der Waals surface area contributed by atoms with Crippen molar-refractivity contribution in [3.63, 3.8) is 0 Å². The van der Waals surface area contributed by atoms with Crippen molar-refractivity contribution in [3.8, 4) is 0 Å². The predicted molar refractivity (Wildman–Crippen MR) is 75.0 cm³/mol. The van der Waals surface area contributed by atoms with Crippen molar-refractivity contribution in [2.75, 3.05) is 5.75 Å². The molecule has 20 heavy (non-hydrogen) atoms. The summed E-state index contributed by atoms with van der Waals surface area (Å²) in [5.74, 6) is 1.78. The van der Waals surface area contributed by atoms with Crippen molar-refractivity contribution in [1.82, 2.24) is 14.8 Å². The molecule has 0 aliphatic rings. The number of aromatic nitrogens is 3. The third-order valence-electron chi connectivity index (χ3n) is 2.70. The highest BCUT2D eigenvalue weighted by atomic mass is 32.2. The number of carbonyl (C=O) groups is 1. The van der Waals surface area contributed by atoms with E-state index in [2.05, 4.69) is 10.2 Å². The summed E-state index contributed by atoms with van der Waals surface area (Å²) in [4.78, 5) is 10.7. The Balaban J connectivity index is 2.26. The molecule has 7 heteroatoms. The van der Waals surface area contributed by atoms with Crippen LogP contribution in [0.5, 0.6) is 0 Å². The van der Waals surface area contributed by atoms with Gasteiger partial charge in [-0.2, -0.15) is 0 Å². The first-order valence-corrected chi connectivity index (χ1v) is 7.29. The van der Waals surface area contributed by atoms with Gasteiger partial charge >= 0.3 is 5.97 Å². The number of thioether (sulfide) groups is 1. The number of carboxylic acid groups (broad SMARTS) is 1. The van der Waals surface area contributed by atoms with Gasteiger partial charge < -0.3 is 9.52 Å². The largest absolute Gasteiger partial charge is 0.481 e. The van der Waals surface area contributed by atoms with Gasteiger partial charge in [-0.05, 0) is 19.1 Å². The van der Waals surface area contributed by atoms with Crippen molar-refractivity contribution >= 4 is 17.7 Å². The van der Waals surface area contributed by atoms with E-state index in [1.807, 2.05) is 37.5 Å². The SMILES string of the molecule is Cc1ccc(Cn2c(SCC(=O)O)nnc2C(C)C)o1. The summed E-state index contributed by atoms with van der Waals surface area (Å²) in [5, 5.41) is 17.6. The first-order chi connectivity index (χ1) is 9.47. The van der Waals surface area contributed by atoms with Crippen LogP contribution in [0.2, 0.25) is 0 Å². The molecule has 108 valence electrons. The van der Waals surface area contributed by atoms with Crippen LogP contribution in [0.15, 0.2) is 21.7 Å². The van der Waals surface area contributed by atoms with Crippen molar-refractivity contribution in [2.45, 2.75) is 38.4 Å². The van der Waals surface area contributed by atoms with E-state index in [0.717, 1.165) is 17.3 Å². The summed E-state index contributed by atoms with van der Waals surface area (Å²) in [6, 6.07) is 3.81. The third-order valence-corrected chi connectivity index (χ3v) is 3.65. The topological polar surface area (TPSA) is 81.2 Å². The molecule has 0 aliphatic carbocycles. The van der Waals surface area contributed by atoms with Gasteiger partial charge in [-0.3, -0.25) is 9.36 Å². The fraction of sp³-hybridized carbons (Fsp3) is 0.462. The van der Waals surface area contributed by atoms with Crippen molar-refractivity contribution in [2.24, 2.45) is 0 Å². The van der Waals surface area contributed by atoms with E-state index >= 15 is 0 Å². The molecule has 0 saturated carbocycles. The van der Waals surface area contributed by atoms with E-state index in [0.29, 0.717) is 11.7 Å². The lowest BCUT2D eigenvalue weighted by atomic mass is 10.2. The molecule has 0 fully saturated rings. The van der Waals surface area contributed by atoms with Gasteiger partial charge in [0.1, 0.15) is 17.3 Å². The minimum atomic E-state index is -0.871. The average molecular weight is 295 g/mol. The minimum absolute atomic E-state index is 0.0343. The van der Waals surface area contributed by atoms with Crippen LogP contribution in [0.1, 0.15) is 37.1 Å². The molecule has 0 radical (unpaired) electrons. The molecule has 0 aromatic carbocycles. The molecule has 2 aromatic heterocycles. The Kier molecular flexibility index (Phi) is 4.49. The van der Waals surface area contributed by atoms with Crippen molar-refractivity contribution in [1.29, 1.82) is 0 Å². The number of hydrogen-bond donors (Lipinski definition) is 1. The van der Waals surface area contributed by atoms with Gasteiger partial charge in [0.2, 0.25) is 0 Å². The first kappa shape index (κ1) is 14.6. The normalized spacial score (nSPS) is 11.2. The van der Waals surface area contributed by atoms with E-state index in [1.54, 1.807) is 0 Å². The van der Waals surface area contributed by atoms with Gasteiger partial charge in [0, 0.05) is 5.92 Å². The molecule has 0 bridgehead atoms. The zero-order valence-corrected chi connectivity index (χ0v) is 12.5. The smallest absolute Gasteiger partial charge is 0.313 e. The van der Waals surface area contributed by atoms with Gasteiger partial charge in [-0.15, -0.1) is 10.2 Å². The number of nitrogens with zero attached hydrogens (tertiary/aromatic N) is 3. The highest BCUT2D eigenvalue weighted by Crippen LogP contribution is 2.23. The zero-order valence-electron chi connectivity index (χ0n) is 11.7. The molecule has 0 amide bonds. The molecule has 0 saturated heterocycles. The van der Waals surface area contributed by atoms with Crippen LogP contribution in [0.3, 0.4) is 0 Å². The van der Waals surface area contributed by atoms with E-state index in [9.17, 15) is 4.79 Å². The fourth-order valence-corrected chi connectivity index (χ4v) is 2.50. The lowest BCUT2D eigenvalue weighted by molar-refractivity contribution is -0.133. The first-order valence-electron chi connectivity index (χ1n) is 6.30. The molecule has 0 spiro atoms. The Bertz CT molecular complexity index is 604. The Hall–Kier alpha value is -1.76. The van der Waals surface area contributed by atoms with Crippen LogP contribution in [0.25, 0.3) is 0 Å². The quantitative estimate of drug-likeness (QED) is 0.825. The molecule has 0 aliphatic heterocycles. The Morgan fingerprint density at radius 1 is 1.45 bits per heavy atom. The molecule has 2 aromatic rings. The lowest BCUT2D eigenvalue weighted by Crippen LogP contribution is -2.08. The zero-order chi connectivity index (χ0) is 14.7. The predicted octanol–water partition coefficient (Wildman–Crippen LogP) is 2.53. The molecular weight excluding hydrogens is 278 g/mol. The monoisotopic (exact) mass is 295 g/mol. The molecule has 0 unspecified atom stereocenters. The maximum absolute atomic E-state index is 10.7. The number of hydrogen-bond acceptors (Lipinski definition) is 5. The van der Waals surface area contributed by atoms with E-state index in [-0.39, 0.29) is 11.7 Å². The summed E-state index contributed by atoms with van der Waals surface area (Å²) in [6.07, 6.45) is 0. The standard InChI is InChI=1S/C13H17N3O3S/c1-8(2)12-14-15-13(20-7-11(17)18)16(12)6-10-5-4-9(3)19-10/h4-5,8H,6-7H2,1-3H3,(H,17,18). The fourth-order valence-electron chi connectivity index (χ4n) is 1.83. The molecule has 1 N–H and O–H groups in total. The van der Waals surface area contributed by atoms with E-state index < -0.39 is 5.97 Å². The van der Waals surface area contributed by atoms with Crippen LogP contribution >= 0.6 is 11.8 Å². The van der Waals surface area contributed by atoms with Crippen LogP contribution in [-0.2, 0) is 11.3 Å². The number of aryl methyl sites for hydroxylation is 1. The second-order valence-corrected chi connectivity index (χ2v) is 5.72. The second-order valence-electron chi connectivity index (χ2n) is 4.78. The number of carboxylic acids is 1. The van der Waals surface area contributed by atoms with Gasteiger partial charge in [-0.1, -0.05) is 25.6 Å². The van der Waals surface area contributed by atoms with E-state index in [4.69, 9.17) is 9.52 Å². The molecule has 2 rings (SSSR count). The molecular formula is C13H17N3O3S. The van der Waals surface area contributed by atoms with E-state index in [1.165, 1.54) is 11.8 Å². The van der Waals surface area contributed by atoms with Gasteiger partial charge in [0.05, 0.1) is 12.3 Å². The molecule has 6 nitrogen and oxygen atoms in total. The van der Waals surface area contributed by atoms with Crippen molar-refractivity contribution < 1.29 is 14.3 Å². The molecule has 0 atom stereocenters. The Labute approximate surface area is 121 Å². The van der Waals surface area contributed by atoms with Crippen LogP contribution in [0, 0.1) is 6.92 Å². The summed E-state index contributed by atoms with van der Waals surface area (Å²) in [5.41, 5.74) is 0. The van der Waals surface area contributed by atoms with Gasteiger partial charge in [-0.25, -0.2) is 0 Å². The molecule has 2 heterocycles. The average Bonchev–Trinajstić information content (AvgIpc) is 2.94.